The Morgan fingerprint density at radius 2 is 1.90 bits per heavy atom. The minimum absolute atomic E-state index is 0.0185. The van der Waals surface area contributed by atoms with E-state index < -0.39 is 0 Å². The van der Waals surface area contributed by atoms with Crippen LogP contribution in [0, 0.1) is 12.7 Å². The maximum absolute atomic E-state index is 13.4. The highest BCUT2D eigenvalue weighted by molar-refractivity contribution is 6.07. The number of benzene rings is 2. The van der Waals surface area contributed by atoms with Crippen molar-refractivity contribution in [3.63, 3.8) is 0 Å². The molecule has 0 radical (unpaired) electrons. The molecule has 3 rings (SSSR count). The maximum Gasteiger partial charge on any atom is 0.258 e. The molecule has 1 heterocycles. The van der Waals surface area contributed by atoms with E-state index in [0.29, 0.717) is 5.56 Å². The molecule has 2 aromatic carbocycles. The fraction of sp³-hybridized carbons (Fsp3) is 0.278. The molecule has 1 aliphatic heterocycles. The third-order valence-corrected chi connectivity index (χ3v) is 4.09. The van der Waals surface area contributed by atoms with Crippen molar-refractivity contribution in [3.05, 3.63) is 65.0 Å². The molecule has 1 atom stereocenters. The van der Waals surface area contributed by atoms with Gasteiger partial charge < -0.3 is 4.90 Å². The molecule has 2 aromatic rings. The van der Waals surface area contributed by atoms with Crippen LogP contribution < -0.4 is 4.90 Å². The molecule has 1 aliphatic rings. The maximum atomic E-state index is 13.4. The van der Waals surface area contributed by atoms with Crippen LogP contribution in [0.4, 0.5) is 10.1 Å². The molecule has 0 aromatic heterocycles. The first kappa shape index (κ1) is 13.8. The molecule has 0 spiro atoms. The number of carbonyl (C=O) groups excluding carboxylic acids is 1. The van der Waals surface area contributed by atoms with Crippen molar-refractivity contribution in [3.8, 4) is 0 Å². The van der Waals surface area contributed by atoms with Crippen LogP contribution in [-0.4, -0.2) is 11.9 Å². The van der Waals surface area contributed by atoms with Gasteiger partial charge in [-0.3, -0.25) is 4.79 Å². The molecule has 2 nitrogen and oxygen atoms in total. The Balaban J connectivity index is 2.01. The quantitative estimate of drug-likeness (QED) is 0.771. The van der Waals surface area contributed by atoms with Gasteiger partial charge in [-0.2, -0.15) is 0 Å². The summed E-state index contributed by atoms with van der Waals surface area (Å²) in [5.41, 5.74) is 3.54. The molecule has 0 bridgehead atoms. The largest absolute Gasteiger partial charge is 0.305 e. The molecule has 0 saturated heterocycles. The monoisotopic (exact) mass is 283 g/mol. The Morgan fingerprint density at radius 3 is 2.62 bits per heavy atom. The number of hydrogen-bond acceptors (Lipinski definition) is 1. The van der Waals surface area contributed by atoms with E-state index in [1.54, 1.807) is 11.0 Å². The molecule has 3 heteroatoms. The van der Waals surface area contributed by atoms with Gasteiger partial charge in [-0.1, -0.05) is 17.7 Å². The lowest BCUT2D eigenvalue weighted by Crippen LogP contribution is -2.42. The number of rotatable bonds is 1. The van der Waals surface area contributed by atoms with Gasteiger partial charge in [0, 0.05) is 17.3 Å². The fourth-order valence-electron chi connectivity index (χ4n) is 2.87. The minimum Gasteiger partial charge on any atom is -0.305 e. The predicted octanol–water partition coefficient (Wildman–Crippen LogP) is 4.12. The molecule has 0 aliphatic carbocycles. The number of amides is 1. The van der Waals surface area contributed by atoms with Crippen LogP contribution in [0.5, 0.6) is 0 Å². The summed E-state index contributed by atoms with van der Waals surface area (Å²) in [5, 5.41) is 0. The highest BCUT2D eigenvalue weighted by Crippen LogP contribution is 2.32. The van der Waals surface area contributed by atoms with Gasteiger partial charge in [0.25, 0.3) is 5.91 Å². The van der Waals surface area contributed by atoms with Gasteiger partial charge in [0.1, 0.15) is 5.82 Å². The Morgan fingerprint density at radius 1 is 1.19 bits per heavy atom. The summed E-state index contributed by atoms with van der Waals surface area (Å²) in [6.07, 6.45) is 1.67. The number of aryl methyl sites for hydroxylation is 2. The van der Waals surface area contributed by atoms with Crippen LogP contribution in [0.25, 0.3) is 0 Å². The van der Waals surface area contributed by atoms with Crippen molar-refractivity contribution in [2.45, 2.75) is 32.7 Å². The molecule has 0 saturated carbocycles. The van der Waals surface area contributed by atoms with Gasteiger partial charge >= 0.3 is 0 Å². The third-order valence-electron chi connectivity index (χ3n) is 4.09. The van der Waals surface area contributed by atoms with Crippen LogP contribution in [-0.2, 0) is 6.42 Å². The minimum atomic E-state index is -0.244. The van der Waals surface area contributed by atoms with Gasteiger partial charge in [-0.05, 0) is 62.6 Å². The highest BCUT2D eigenvalue weighted by atomic mass is 19.1. The molecule has 1 amide bonds. The van der Waals surface area contributed by atoms with E-state index in [9.17, 15) is 9.18 Å². The molecule has 0 unspecified atom stereocenters. The number of nitrogens with zero attached hydrogens (tertiary/aromatic N) is 1. The summed E-state index contributed by atoms with van der Waals surface area (Å²) in [5.74, 6) is -0.263. The van der Waals surface area contributed by atoms with Crippen molar-refractivity contribution in [2.75, 3.05) is 4.90 Å². The lowest BCUT2D eigenvalue weighted by molar-refractivity contribution is 0.0975. The van der Waals surface area contributed by atoms with E-state index in [0.717, 1.165) is 29.7 Å². The Bertz CT molecular complexity index is 678. The second-order valence-corrected chi connectivity index (χ2v) is 5.70. The SMILES string of the molecule is Cc1ccc(C(=O)N2c3ccc(F)cc3CC[C@@H]2C)cc1. The predicted molar refractivity (Wildman–Crippen MR) is 82.2 cm³/mol. The Kier molecular flexibility index (Phi) is 3.50. The lowest BCUT2D eigenvalue weighted by Gasteiger charge is -2.35. The van der Waals surface area contributed by atoms with Crippen molar-refractivity contribution in [1.82, 2.24) is 0 Å². The van der Waals surface area contributed by atoms with Crippen molar-refractivity contribution in [2.24, 2.45) is 0 Å². The summed E-state index contributed by atoms with van der Waals surface area (Å²) in [6, 6.07) is 12.4. The van der Waals surface area contributed by atoms with E-state index >= 15 is 0 Å². The summed E-state index contributed by atoms with van der Waals surface area (Å²) < 4.78 is 13.4. The molecule has 21 heavy (non-hydrogen) atoms. The smallest absolute Gasteiger partial charge is 0.258 e. The van der Waals surface area contributed by atoms with Crippen LogP contribution in [0.3, 0.4) is 0 Å². The second kappa shape index (κ2) is 5.32. The summed E-state index contributed by atoms with van der Waals surface area (Å²) in [6.45, 7) is 4.04. The summed E-state index contributed by atoms with van der Waals surface area (Å²) in [4.78, 5) is 14.6. The van der Waals surface area contributed by atoms with Crippen LogP contribution in [0.2, 0.25) is 0 Å². The normalized spacial score (nSPS) is 17.5. The van der Waals surface area contributed by atoms with Gasteiger partial charge in [-0.25, -0.2) is 4.39 Å². The molecular formula is C18H18FNO. The first-order valence-corrected chi connectivity index (χ1v) is 7.25. The first-order valence-electron chi connectivity index (χ1n) is 7.25. The van der Waals surface area contributed by atoms with E-state index in [2.05, 4.69) is 0 Å². The summed E-state index contributed by atoms with van der Waals surface area (Å²) >= 11 is 0. The molecule has 108 valence electrons. The van der Waals surface area contributed by atoms with Crippen molar-refractivity contribution >= 4 is 11.6 Å². The van der Waals surface area contributed by atoms with Gasteiger partial charge in [0.05, 0.1) is 0 Å². The highest BCUT2D eigenvalue weighted by Gasteiger charge is 2.29. The van der Waals surface area contributed by atoms with E-state index in [4.69, 9.17) is 0 Å². The zero-order valence-corrected chi connectivity index (χ0v) is 12.3. The Hall–Kier alpha value is -2.16. The van der Waals surface area contributed by atoms with Crippen molar-refractivity contribution in [1.29, 1.82) is 0 Å². The second-order valence-electron chi connectivity index (χ2n) is 5.70. The van der Waals surface area contributed by atoms with Crippen molar-refractivity contribution < 1.29 is 9.18 Å². The van der Waals surface area contributed by atoms with Gasteiger partial charge in [-0.15, -0.1) is 0 Å². The van der Waals surface area contributed by atoms with Crippen LogP contribution in [0.15, 0.2) is 42.5 Å². The van der Waals surface area contributed by atoms with Crippen LogP contribution >= 0.6 is 0 Å². The standard InChI is InChI=1S/C18H18FNO/c1-12-3-6-14(7-4-12)18(21)20-13(2)5-8-15-11-16(19)9-10-17(15)20/h3-4,6-7,9-11,13H,5,8H2,1-2H3/t13-/m0/s1. The topological polar surface area (TPSA) is 20.3 Å². The summed E-state index contributed by atoms with van der Waals surface area (Å²) in [7, 11) is 0. The number of halogens is 1. The average Bonchev–Trinajstić information content (AvgIpc) is 2.47. The van der Waals surface area contributed by atoms with E-state index in [1.807, 2.05) is 38.1 Å². The fourth-order valence-corrected chi connectivity index (χ4v) is 2.87. The average molecular weight is 283 g/mol. The number of anilines is 1. The zero-order chi connectivity index (χ0) is 15.0. The van der Waals surface area contributed by atoms with Gasteiger partial charge in [0.2, 0.25) is 0 Å². The molecule has 0 fully saturated rings. The van der Waals surface area contributed by atoms with E-state index in [1.165, 1.54) is 12.1 Å². The zero-order valence-electron chi connectivity index (χ0n) is 12.3. The molecule has 0 N–H and O–H groups in total. The number of carbonyl (C=O) groups is 1. The van der Waals surface area contributed by atoms with E-state index in [-0.39, 0.29) is 17.8 Å². The third kappa shape index (κ3) is 2.56. The number of hydrogen-bond donors (Lipinski definition) is 0. The number of fused-ring (bicyclic) bond motifs is 1. The van der Waals surface area contributed by atoms with Gasteiger partial charge in [0.15, 0.2) is 0 Å². The first-order chi connectivity index (χ1) is 10.1. The van der Waals surface area contributed by atoms with Crippen LogP contribution in [0.1, 0.15) is 34.8 Å². The Labute approximate surface area is 124 Å². The lowest BCUT2D eigenvalue weighted by atomic mass is 9.95. The molecular weight excluding hydrogens is 265 g/mol.